The normalized spacial score (nSPS) is 24.1. The molecule has 1 fully saturated rings. The summed E-state index contributed by atoms with van der Waals surface area (Å²) in [7, 11) is 2.11. The maximum absolute atomic E-state index is 11.9. The van der Waals surface area contributed by atoms with Crippen LogP contribution in [0.1, 0.15) is 40.0 Å². The van der Waals surface area contributed by atoms with Gasteiger partial charge in [0, 0.05) is 19.2 Å². The molecule has 1 aliphatic rings. The summed E-state index contributed by atoms with van der Waals surface area (Å²) < 4.78 is 10.7. The summed E-state index contributed by atoms with van der Waals surface area (Å²) in [4.78, 5) is 14.2. The maximum atomic E-state index is 11.9. The molecule has 0 bridgehead atoms. The summed E-state index contributed by atoms with van der Waals surface area (Å²) in [5, 5.41) is 3.28. The van der Waals surface area contributed by atoms with Gasteiger partial charge in [-0.15, -0.1) is 0 Å². The van der Waals surface area contributed by atoms with Crippen LogP contribution in [0.4, 0.5) is 0 Å². The van der Waals surface area contributed by atoms with Crippen LogP contribution in [-0.4, -0.2) is 62.4 Å². The molecule has 3 atom stereocenters. The van der Waals surface area contributed by atoms with Crippen LogP contribution in [0.25, 0.3) is 0 Å². The second kappa shape index (κ2) is 9.32. The van der Waals surface area contributed by atoms with E-state index >= 15 is 0 Å². The van der Waals surface area contributed by atoms with Crippen molar-refractivity contribution in [3.63, 3.8) is 0 Å². The Morgan fingerprint density at radius 3 is 2.80 bits per heavy atom. The van der Waals surface area contributed by atoms with Gasteiger partial charge in [-0.05, 0) is 46.7 Å². The van der Waals surface area contributed by atoms with Crippen LogP contribution in [0.2, 0.25) is 0 Å². The van der Waals surface area contributed by atoms with Gasteiger partial charge in [-0.3, -0.25) is 4.79 Å². The van der Waals surface area contributed by atoms with Crippen molar-refractivity contribution < 1.29 is 14.3 Å². The minimum absolute atomic E-state index is 0.134. The molecule has 5 heteroatoms. The van der Waals surface area contributed by atoms with E-state index in [0.29, 0.717) is 12.6 Å². The van der Waals surface area contributed by atoms with Crippen LogP contribution >= 0.6 is 0 Å². The fourth-order valence-corrected chi connectivity index (χ4v) is 2.66. The SMILES string of the molecule is CCCNC(CCN(C)C1CCOC1C)C(=O)OCC. The first-order valence-corrected chi connectivity index (χ1v) is 7.82. The molecule has 1 saturated heterocycles. The van der Waals surface area contributed by atoms with Crippen molar-refractivity contribution in [2.45, 2.75) is 58.2 Å². The molecule has 20 heavy (non-hydrogen) atoms. The van der Waals surface area contributed by atoms with E-state index in [1.165, 1.54) is 0 Å². The molecular weight excluding hydrogens is 256 g/mol. The third kappa shape index (κ3) is 5.38. The number of hydrogen-bond acceptors (Lipinski definition) is 5. The maximum Gasteiger partial charge on any atom is 0.323 e. The smallest absolute Gasteiger partial charge is 0.323 e. The topological polar surface area (TPSA) is 50.8 Å². The Morgan fingerprint density at radius 2 is 2.25 bits per heavy atom. The Kier molecular flexibility index (Phi) is 8.11. The molecule has 0 saturated carbocycles. The molecule has 0 amide bonds. The summed E-state index contributed by atoms with van der Waals surface area (Å²) in [6, 6.07) is 0.263. The minimum atomic E-state index is -0.199. The average molecular weight is 286 g/mol. The molecule has 1 heterocycles. The monoisotopic (exact) mass is 286 g/mol. The first kappa shape index (κ1) is 17.4. The third-order valence-electron chi connectivity index (χ3n) is 3.88. The molecule has 0 aromatic heterocycles. The lowest BCUT2D eigenvalue weighted by Crippen LogP contribution is -2.43. The Balaban J connectivity index is 2.41. The van der Waals surface area contributed by atoms with Gasteiger partial charge in [-0.1, -0.05) is 6.92 Å². The first-order chi connectivity index (χ1) is 9.60. The average Bonchev–Trinajstić information content (AvgIpc) is 2.85. The molecule has 3 unspecified atom stereocenters. The van der Waals surface area contributed by atoms with Gasteiger partial charge < -0.3 is 19.7 Å². The van der Waals surface area contributed by atoms with E-state index < -0.39 is 0 Å². The van der Waals surface area contributed by atoms with E-state index in [-0.39, 0.29) is 18.1 Å². The Hall–Kier alpha value is -0.650. The zero-order valence-electron chi connectivity index (χ0n) is 13.4. The molecule has 1 rings (SSSR count). The lowest BCUT2D eigenvalue weighted by atomic mass is 10.1. The van der Waals surface area contributed by atoms with Crippen LogP contribution < -0.4 is 5.32 Å². The van der Waals surface area contributed by atoms with Crippen molar-refractivity contribution >= 4 is 5.97 Å². The lowest BCUT2D eigenvalue weighted by molar-refractivity contribution is -0.146. The fraction of sp³-hybridized carbons (Fsp3) is 0.933. The highest BCUT2D eigenvalue weighted by molar-refractivity contribution is 5.75. The highest BCUT2D eigenvalue weighted by atomic mass is 16.5. The van der Waals surface area contributed by atoms with E-state index in [1.54, 1.807) is 0 Å². The van der Waals surface area contributed by atoms with E-state index in [4.69, 9.17) is 9.47 Å². The third-order valence-corrected chi connectivity index (χ3v) is 3.88. The number of hydrogen-bond donors (Lipinski definition) is 1. The number of ether oxygens (including phenoxy) is 2. The molecule has 0 aromatic carbocycles. The van der Waals surface area contributed by atoms with Crippen LogP contribution in [0, 0.1) is 0 Å². The molecular formula is C15H30N2O3. The summed E-state index contributed by atoms with van der Waals surface area (Å²) >= 11 is 0. The molecule has 5 nitrogen and oxygen atoms in total. The van der Waals surface area contributed by atoms with Gasteiger partial charge in [0.2, 0.25) is 0 Å². The van der Waals surface area contributed by atoms with Gasteiger partial charge in [0.05, 0.1) is 12.7 Å². The van der Waals surface area contributed by atoms with Gasteiger partial charge in [-0.25, -0.2) is 0 Å². The molecule has 1 aliphatic heterocycles. The van der Waals surface area contributed by atoms with E-state index in [2.05, 4.69) is 31.1 Å². The fourth-order valence-electron chi connectivity index (χ4n) is 2.66. The summed E-state index contributed by atoms with van der Waals surface area (Å²) in [5.41, 5.74) is 0. The van der Waals surface area contributed by atoms with Crippen molar-refractivity contribution in [2.75, 3.05) is 33.4 Å². The van der Waals surface area contributed by atoms with Crippen LogP contribution in [-0.2, 0) is 14.3 Å². The zero-order chi connectivity index (χ0) is 15.0. The molecule has 1 N–H and O–H groups in total. The number of carbonyl (C=O) groups is 1. The number of nitrogens with one attached hydrogen (secondary N) is 1. The van der Waals surface area contributed by atoms with Crippen molar-refractivity contribution in [1.82, 2.24) is 10.2 Å². The highest BCUT2D eigenvalue weighted by Crippen LogP contribution is 2.18. The van der Waals surface area contributed by atoms with Crippen molar-refractivity contribution in [3.05, 3.63) is 0 Å². The number of nitrogens with zero attached hydrogens (tertiary/aromatic N) is 1. The molecule has 0 aliphatic carbocycles. The van der Waals surface area contributed by atoms with Crippen LogP contribution in [0.3, 0.4) is 0 Å². The summed E-state index contributed by atoms with van der Waals surface area (Å²) in [6.45, 7) is 9.05. The van der Waals surface area contributed by atoms with Crippen molar-refractivity contribution in [1.29, 1.82) is 0 Å². The summed E-state index contributed by atoms with van der Waals surface area (Å²) in [5.74, 6) is -0.134. The van der Waals surface area contributed by atoms with E-state index in [1.807, 2.05) is 6.92 Å². The molecule has 0 radical (unpaired) electrons. The van der Waals surface area contributed by atoms with Gasteiger partial charge >= 0.3 is 5.97 Å². The van der Waals surface area contributed by atoms with Gasteiger partial charge in [0.15, 0.2) is 0 Å². The van der Waals surface area contributed by atoms with Gasteiger partial charge in [0.1, 0.15) is 6.04 Å². The van der Waals surface area contributed by atoms with Crippen LogP contribution in [0.5, 0.6) is 0 Å². The quantitative estimate of drug-likeness (QED) is 0.650. The second-order valence-corrected chi connectivity index (χ2v) is 5.46. The Labute approximate surface area is 123 Å². The second-order valence-electron chi connectivity index (χ2n) is 5.46. The number of rotatable bonds is 9. The number of likely N-dealkylation sites (N-methyl/N-ethyl adjacent to an activating group) is 1. The molecule has 118 valence electrons. The Bertz CT molecular complexity index is 286. The largest absolute Gasteiger partial charge is 0.465 e. The molecule has 0 aromatic rings. The summed E-state index contributed by atoms with van der Waals surface area (Å²) in [6.07, 6.45) is 3.15. The van der Waals surface area contributed by atoms with Crippen molar-refractivity contribution in [3.8, 4) is 0 Å². The van der Waals surface area contributed by atoms with Gasteiger partial charge in [-0.2, -0.15) is 0 Å². The predicted molar refractivity (Wildman–Crippen MR) is 79.8 cm³/mol. The number of esters is 1. The van der Waals surface area contributed by atoms with Crippen LogP contribution in [0.15, 0.2) is 0 Å². The lowest BCUT2D eigenvalue weighted by Gasteiger charge is -2.28. The van der Waals surface area contributed by atoms with Crippen molar-refractivity contribution in [2.24, 2.45) is 0 Å². The highest BCUT2D eigenvalue weighted by Gasteiger charge is 2.28. The Morgan fingerprint density at radius 1 is 1.50 bits per heavy atom. The number of carbonyl (C=O) groups excluding carboxylic acids is 1. The van der Waals surface area contributed by atoms with Gasteiger partial charge in [0.25, 0.3) is 0 Å². The van der Waals surface area contributed by atoms with E-state index in [0.717, 1.165) is 39.0 Å². The predicted octanol–water partition coefficient (Wildman–Crippen LogP) is 1.42. The van der Waals surface area contributed by atoms with E-state index in [9.17, 15) is 4.79 Å². The standard InChI is InChI=1S/C15H30N2O3/c1-5-9-16-13(15(18)19-6-2)7-10-17(4)14-8-11-20-12(14)3/h12-14,16H,5-11H2,1-4H3. The minimum Gasteiger partial charge on any atom is -0.465 e. The zero-order valence-corrected chi connectivity index (χ0v) is 13.4. The molecule has 0 spiro atoms. The first-order valence-electron chi connectivity index (χ1n) is 7.82.